The van der Waals surface area contributed by atoms with Crippen LogP contribution in [-0.4, -0.2) is 68.2 Å². The van der Waals surface area contributed by atoms with Crippen molar-refractivity contribution in [3.63, 3.8) is 0 Å². The van der Waals surface area contributed by atoms with Crippen molar-refractivity contribution in [2.24, 2.45) is 0 Å². The summed E-state index contributed by atoms with van der Waals surface area (Å²) in [6.07, 6.45) is 15.0. The highest BCUT2D eigenvalue weighted by molar-refractivity contribution is 8.28. The second-order valence-corrected chi connectivity index (χ2v) is 16.5. The Morgan fingerprint density at radius 2 is 1.67 bits per heavy atom. The fourth-order valence-corrected chi connectivity index (χ4v) is 7.95. The molecule has 0 aromatic carbocycles. The zero-order chi connectivity index (χ0) is 31.7. The van der Waals surface area contributed by atoms with Crippen molar-refractivity contribution in [1.82, 2.24) is 24.6 Å². The van der Waals surface area contributed by atoms with Crippen molar-refractivity contribution in [2.75, 3.05) is 30.2 Å². The first-order valence-electron chi connectivity index (χ1n) is 15.6. The minimum Gasteiger partial charge on any atom is -0.462 e. The molecule has 3 N–H and O–H groups in total. The third-order valence-corrected chi connectivity index (χ3v) is 11.1. The number of aromatic nitrogens is 4. The van der Waals surface area contributed by atoms with E-state index in [4.69, 9.17) is 30.9 Å². The van der Waals surface area contributed by atoms with Gasteiger partial charge < -0.3 is 24.3 Å². The Bertz CT molecular complexity index is 1170. The summed E-state index contributed by atoms with van der Waals surface area (Å²) in [7, 11) is -3.82. The number of hydrogen-bond acceptors (Lipinski definition) is 10. The van der Waals surface area contributed by atoms with Gasteiger partial charge in [0.1, 0.15) is 24.2 Å². The lowest BCUT2D eigenvalue weighted by Crippen LogP contribution is -2.36. The number of nitrogens with two attached hydrogens (primary N) is 1. The van der Waals surface area contributed by atoms with E-state index in [1.165, 1.54) is 64.1 Å². The molecule has 2 rings (SSSR count). The second kappa shape index (κ2) is 20.5. The summed E-state index contributed by atoms with van der Waals surface area (Å²) in [5.74, 6) is 1.39. The lowest BCUT2D eigenvalue weighted by molar-refractivity contribution is -0.149. The molecule has 0 amide bonds. The van der Waals surface area contributed by atoms with Crippen LogP contribution in [0.3, 0.4) is 0 Å². The first kappa shape index (κ1) is 37.7. The maximum absolute atomic E-state index is 13.8. The molecule has 14 heteroatoms. The maximum atomic E-state index is 13.8. The summed E-state index contributed by atoms with van der Waals surface area (Å²) in [6.45, 7) is 9.86. The monoisotopic (exact) mass is 660 g/mol. The predicted molar refractivity (Wildman–Crippen MR) is 179 cm³/mol. The highest BCUT2D eigenvalue weighted by Crippen LogP contribution is 2.43. The first-order chi connectivity index (χ1) is 20.5. The van der Waals surface area contributed by atoms with Gasteiger partial charge in [-0.2, -0.15) is 0 Å². The molecule has 0 radical (unpaired) electrons. The lowest BCUT2D eigenvalue weighted by atomic mass is 10.1. The molecule has 246 valence electrons. The highest BCUT2D eigenvalue weighted by atomic mass is 32.8. The molecule has 0 aliphatic heterocycles. The molecule has 43 heavy (non-hydrogen) atoms. The molecule has 4 atom stereocenters. The molecule has 2 aromatic heterocycles. The van der Waals surface area contributed by atoms with Gasteiger partial charge in [-0.05, 0) is 39.9 Å². The normalized spacial score (nSPS) is 15.4. The van der Waals surface area contributed by atoms with Crippen LogP contribution in [0.5, 0.6) is 0 Å². The summed E-state index contributed by atoms with van der Waals surface area (Å²) in [5.41, 5.74) is 6.99. The van der Waals surface area contributed by atoms with E-state index in [-0.39, 0.29) is 34.6 Å². The zero-order valence-electron chi connectivity index (χ0n) is 26.7. The Kier molecular flexibility index (Phi) is 18.0. The number of nitrogens with one attached hydrogen (secondary N) is 1. The third-order valence-electron chi connectivity index (χ3n) is 6.84. The summed E-state index contributed by atoms with van der Waals surface area (Å²) in [5, 5.41) is 2.86. The topological polar surface area (TPSA) is 143 Å². The van der Waals surface area contributed by atoms with Crippen LogP contribution in [0.15, 0.2) is 12.7 Å². The third kappa shape index (κ3) is 14.9. The Balaban J connectivity index is 1.82. The van der Waals surface area contributed by atoms with Crippen LogP contribution >= 0.6 is 7.52 Å². The summed E-state index contributed by atoms with van der Waals surface area (Å²) in [4.78, 5) is 24.9. The molecule has 1 unspecified atom stereocenters. The molecular formula is C29H53N6O5PS2. The van der Waals surface area contributed by atoms with Crippen LogP contribution in [0.1, 0.15) is 98.8 Å². The van der Waals surface area contributed by atoms with Crippen LogP contribution < -0.4 is 10.8 Å². The number of rotatable bonds is 24. The number of fused-ring (bicyclic) bond motifs is 1. The Hall–Kier alpha value is -1.50. The van der Waals surface area contributed by atoms with E-state index >= 15 is 0 Å². The standard InChI is InChI=1S/C29H53N6O5PS2/c1-6-7-8-9-10-11-12-13-14-15-17-43(42)18-16-39-41(37,34-25(5)29(36)40-23(2)3)22-38-24(4)19-35-21-33-26-27(30)31-20-32-28(26)35/h20-21,23-25H,6-19,22H2,1-5H3,(H,34,37)(H2,30,31,32)/t24-,25+,41-,43?/m1/s1. The molecule has 0 aliphatic rings. The van der Waals surface area contributed by atoms with E-state index in [9.17, 15) is 9.36 Å². The van der Waals surface area contributed by atoms with Gasteiger partial charge in [-0.1, -0.05) is 75.9 Å². The van der Waals surface area contributed by atoms with E-state index < -0.39 is 19.5 Å². The van der Waals surface area contributed by atoms with Crippen LogP contribution in [-0.2, 0) is 50.5 Å². The van der Waals surface area contributed by atoms with Gasteiger partial charge in [-0.25, -0.2) is 20.0 Å². The van der Waals surface area contributed by atoms with Crippen LogP contribution in [0.2, 0.25) is 0 Å². The number of unbranched alkanes of at least 4 members (excludes halogenated alkanes) is 9. The van der Waals surface area contributed by atoms with Gasteiger partial charge >= 0.3 is 5.97 Å². The van der Waals surface area contributed by atoms with Crippen molar-refractivity contribution < 1.29 is 23.4 Å². The number of imidazole rings is 1. The largest absolute Gasteiger partial charge is 0.462 e. The molecule has 0 spiro atoms. The second-order valence-electron chi connectivity index (χ2n) is 11.3. The average Bonchev–Trinajstić information content (AvgIpc) is 3.36. The SMILES string of the molecule is CCCCCCCCCCCCS(=S)CCO[P@](=O)(CO[C@H](C)Cn1cnc2c(N)ncnc21)N[C@@H](C)C(=O)OC(C)C. The van der Waals surface area contributed by atoms with Crippen molar-refractivity contribution >= 4 is 51.1 Å². The highest BCUT2D eigenvalue weighted by Gasteiger charge is 2.31. The van der Waals surface area contributed by atoms with E-state index in [1.54, 1.807) is 31.7 Å². The fraction of sp³-hybridized carbons (Fsp3) is 0.793. The summed E-state index contributed by atoms with van der Waals surface area (Å²) in [6, 6.07) is -0.835. The van der Waals surface area contributed by atoms with E-state index in [2.05, 4.69) is 27.0 Å². The van der Waals surface area contributed by atoms with E-state index in [0.717, 1.165) is 12.2 Å². The smallest absolute Gasteiger partial charge is 0.323 e. The van der Waals surface area contributed by atoms with Crippen LogP contribution in [0, 0.1) is 0 Å². The van der Waals surface area contributed by atoms with Gasteiger partial charge in [0, 0.05) is 5.75 Å². The number of hydrogen-bond donors (Lipinski definition) is 2. The number of carbonyl (C=O) groups excluding carboxylic acids is 1. The lowest BCUT2D eigenvalue weighted by Gasteiger charge is -2.25. The first-order valence-corrected chi connectivity index (χ1v) is 19.9. The quantitative estimate of drug-likeness (QED) is 0.0788. The van der Waals surface area contributed by atoms with E-state index in [0.29, 0.717) is 29.3 Å². The van der Waals surface area contributed by atoms with Gasteiger partial charge in [0.25, 0.3) is 7.52 Å². The van der Waals surface area contributed by atoms with Gasteiger partial charge in [0.05, 0.1) is 31.7 Å². The molecule has 0 aliphatic carbocycles. The summed E-state index contributed by atoms with van der Waals surface area (Å²) >= 11 is 5.69. The van der Waals surface area contributed by atoms with Crippen LogP contribution in [0.4, 0.5) is 5.82 Å². The zero-order valence-corrected chi connectivity index (χ0v) is 29.2. The molecule has 0 saturated carbocycles. The number of ether oxygens (including phenoxy) is 2. The van der Waals surface area contributed by atoms with Gasteiger partial charge in [0.2, 0.25) is 0 Å². The van der Waals surface area contributed by atoms with Crippen molar-refractivity contribution in [1.29, 1.82) is 0 Å². The van der Waals surface area contributed by atoms with E-state index in [1.807, 2.05) is 6.92 Å². The van der Waals surface area contributed by atoms with Crippen molar-refractivity contribution in [3.8, 4) is 0 Å². The molecule has 0 bridgehead atoms. The molecule has 2 aromatic rings. The maximum Gasteiger partial charge on any atom is 0.323 e. The molecule has 11 nitrogen and oxygen atoms in total. The number of nitrogens with zero attached hydrogens (tertiary/aromatic N) is 4. The fourth-order valence-electron chi connectivity index (χ4n) is 4.51. The van der Waals surface area contributed by atoms with Gasteiger partial charge in [0.15, 0.2) is 11.5 Å². The minimum absolute atomic E-state index is 0.221. The Labute approximate surface area is 264 Å². The van der Waals surface area contributed by atoms with Gasteiger partial charge in [-0.15, -0.1) is 9.45 Å². The Morgan fingerprint density at radius 1 is 1.02 bits per heavy atom. The summed E-state index contributed by atoms with van der Waals surface area (Å²) < 4.78 is 32.8. The Morgan fingerprint density at radius 3 is 2.33 bits per heavy atom. The number of carbonyl (C=O) groups is 1. The number of anilines is 1. The van der Waals surface area contributed by atoms with Crippen molar-refractivity contribution in [3.05, 3.63) is 12.7 Å². The molecule has 0 saturated heterocycles. The van der Waals surface area contributed by atoms with Crippen LogP contribution in [0.25, 0.3) is 11.2 Å². The predicted octanol–water partition coefficient (Wildman–Crippen LogP) is 5.91. The molecular weight excluding hydrogens is 607 g/mol. The van der Waals surface area contributed by atoms with Crippen molar-refractivity contribution in [2.45, 2.75) is 124 Å². The van der Waals surface area contributed by atoms with Gasteiger partial charge in [-0.3, -0.25) is 9.36 Å². The number of nitrogen functional groups attached to an aromatic ring is 1. The molecule has 2 heterocycles. The molecule has 0 fully saturated rings. The number of esters is 1. The average molecular weight is 661 g/mol. The minimum atomic E-state index is -3.57.